The van der Waals surface area contributed by atoms with E-state index in [4.69, 9.17) is 14.2 Å². The van der Waals surface area contributed by atoms with Gasteiger partial charge in [-0.15, -0.1) is 0 Å². The molecule has 1 aliphatic rings. The minimum atomic E-state index is -4.77. The van der Waals surface area contributed by atoms with Crippen molar-refractivity contribution < 1.29 is 41.8 Å². The van der Waals surface area contributed by atoms with E-state index in [-0.39, 0.29) is 59.4 Å². The first-order chi connectivity index (χ1) is 20.4. The summed E-state index contributed by atoms with van der Waals surface area (Å²) in [5.41, 5.74) is -0.250. The van der Waals surface area contributed by atoms with Gasteiger partial charge in [-0.2, -0.15) is 13.2 Å². The molecule has 1 unspecified atom stereocenters. The number of halogens is 3. The molecule has 0 aliphatic carbocycles. The van der Waals surface area contributed by atoms with E-state index in [1.165, 1.54) is 38.2 Å². The number of ether oxygens (including phenoxy) is 3. The Morgan fingerprint density at radius 1 is 0.860 bits per heavy atom. The molecule has 43 heavy (non-hydrogen) atoms. The van der Waals surface area contributed by atoms with Crippen LogP contribution >= 0.6 is 0 Å². The molecule has 2 aromatic carbocycles. The van der Waals surface area contributed by atoms with E-state index in [0.29, 0.717) is 5.52 Å². The molecule has 2 heterocycles. The van der Waals surface area contributed by atoms with Crippen molar-refractivity contribution in [1.29, 1.82) is 0 Å². The zero-order valence-electron chi connectivity index (χ0n) is 24.1. The van der Waals surface area contributed by atoms with Crippen molar-refractivity contribution in [3.8, 4) is 0 Å². The Kier molecular flexibility index (Phi) is 9.53. The van der Waals surface area contributed by atoms with Gasteiger partial charge < -0.3 is 19.5 Å². The summed E-state index contributed by atoms with van der Waals surface area (Å²) in [7, 11) is 0. The SMILES string of the molecule is CC1=C(C(=O)OCCOC(=O)c2cnc3ccccc3c2)C(c2ccccc2C(F)(F)F)C(C(=O)OCC(C)C)=C(C)N1. The number of fused-ring (bicyclic) bond motifs is 1. The Balaban J connectivity index is 1.56. The minimum Gasteiger partial charge on any atom is -0.462 e. The smallest absolute Gasteiger partial charge is 0.416 e. The predicted molar refractivity (Wildman–Crippen MR) is 152 cm³/mol. The fourth-order valence-electron chi connectivity index (χ4n) is 4.79. The second kappa shape index (κ2) is 13.1. The highest BCUT2D eigenvalue weighted by molar-refractivity contribution is 6.00. The predicted octanol–water partition coefficient (Wildman–Crippen LogP) is 6.09. The Morgan fingerprint density at radius 2 is 1.44 bits per heavy atom. The van der Waals surface area contributed by atoms with Gasteiger partial charge in [-0.1, -0.05) is 50.2 Å². The molecule has 0 bridgehead atoms. The fourth-order valence-corrected chi connectivity index (χ4v) is 4.79. The molecule has 8 nitrogen and oxygen atoms in total. The molecular formula is C32H31F3N2O6. The molecule has 0 radical (unpaired) electrons. The van der Waals surface area contributed by atoms with Crippen LogP contribution in [0.4, 0.5) is 13.2 Å². The normalized spacial score (nSPS) is 15.4. The summed E-state index contributed by atoms with van der Waals surface area (Å²) in [5, 5.41) is 3.66. The third kappa shape index (κ3) is 7.22. The number of pyridine rings is 1. The summed E-state index contributed by atoms with van der Waals surface area (Å²) in [4.78, 5) is 43.4. The number of esters is 3. The van der Waals surface area contributed by atoms with Gasteiger partial charge in [0.2, 0.25) is 0 Å². The van der Waals surface area contributed by atoms with Crippen LogP contribution in [0.1, 0.15) is 55.1 Å². The number of benzene rings is 2. The molecular weight excluding hydrogens is 565 g/mol. The van der Waals surface area contributed by atoms with Gasteiger partial charge in [0.15, 0.2) is 0 Å². The largest absolute Gasteiger partial charge is 0.462 e. The number of nitrogens with one attached hydrogen (secondary N) is 1. The topological polar surface area (TPSA) is 104 Å². The zero-order chi connectivity index (χ0) is 31.3. The summed E-state index contributed by atoms with van der Waals surface area (Å²) in [6.07, 6.45) is -3.40. The maximum absolute atomic E-state index is 14.1. The van der Waals surface area contributed by atoms with Crippen LogP contribution in [0.15, 0.2) is 83.3 Å². The third-order valence-electron chi connectivity index (χ3n) is 6.70. The third-order valence-corrected chi connectivity index (χ3v) is 6.70. The van der Waals surface area contributed by atoms with Crippen LogP contribution in [0.25, 0.3) is 10.9 Å². The van der Waals surface area contributed by atoms with Crippen LogP contribution in [0.2, 0.25) is 0 Å². The van der Waals surface area contributed by atoms with E-state index in [1.54, 1.807) is 18.2 Å². The van der Waals surface area contributed by atoms with Crippen molar-refractivity contribution in [2.75, 3.05) is 19.8 Å². The van der Waals surface area contributed by atoms with E-state index >= 15 is 0 Å². The maximum atomic E-state index is 14.1. The molecule has 1 atom stereocenters. The van der Waals surface area contributed by atoms with Crippen molar-refractivity contribution in [3.63, 3.8) is 0 Å². The van der Waals surface area contributed by atoms with Crippen LogP contribution in [-0.4, -0.2) is 42.7 Å². The summed E-state index contributed by atoms with van der Waals surface area (Å²) < 4.78 is 58.4. The van der Waals surface area contributed by atoms with E-state index in [9.17, 15) is 27.6 Å². The van der Waals surface area contributed by atoms with E-state index < -0.39 is 35.6 Å². The highest BCUT2D eigenvalue weighted by Gasteiger charge is 2.43. The minimum absolute atomic E-state index is 0.0304. The first kappa shape index (κ1) is 31.3. The monoisotopic (exact) mass is 596 g/mol. The number of aromatic nitrogens is 1. The summed E-state index contributed by atoms with van der Waals surface area (Å²) in [5.74, 6) is -3.97. The average molecular weight is 597 g/mol. The number of carbonyl (C=O) groups is 3. The Hall–Kier alpha value is -4.67. The maximum Gasteiger partial charge on any atom is 0.416 e. The number of rotatable bonds is 9. The van der Waals surface area contributed by atoms with Gasteiger partial charge in [-0.3, -0.25) is 4.98 Å². The highest BCUT2D eigenvalue weighted by atomic mass is 19.4. The molecule has 0 amide bonds. The molecule has 226 valence electrons. The lowest BCUT2D eigenvalue weighted by Gasteiger charge is -2.32. The van der Waals surface area contributed by atoms with Crippen LogP contribution in [0.3, 0.4) is 0 Å². The van der Waals surface area contributed by atoms with Gasteiger partial charge in [0.05, 0.1) is 40.3 Å². The van der Waals surface area contributed by atoms with Crippen LogP contribution in [0, 0.1) is 5.92 Å². The first-order valence-electron chi connectivity index (χ1n) is 13.6. The number of carbonyl (C=O) groups excluding carboxylic acids is 3. The van der Waals surface area contributed by atoms with Crippen molar-refractivity contribution in [1.82, 2.24) is 10.3 Å². The molecule has 0 spiro atoms. The number of nitrogens with zero attached hydrogens (tertiary/aromatic N) is 1. The highest BCUT2D eigenvalue weighted by Crippen LogP contribution is 2.44. The summed E-state index contributed by atoms with van der Waals surface area (Å²) >= 11 is 0. The molecule has 3 aromatic rings. The number of hydrogen-bond acceptors (Lipinski definition) is 8. The van der Waals surface area contributed by atoms with Crippen molar-refractivity contribution in [3.05, 3.63) is 100 Å². The average Bonchev–Trinajstić information content (AvgIpc) is 2.96. The number of para-hydroxylation sites is 1. The molecule has 1 aromatic heterocycles. The van der Waals surface area contributed by atoms with Gasteiger partial charge in [0.25, 0.3) is 0 Å². The number of alkyl halides is 3. The van der Waals surface area contributed by atoms with Crippen molar-refractivity contribution in [2.24, 2.45) is 5.92 Å². The Labute approximate surface area is 246 Å². The lowest BCUT2D eigenvalue weighted by molar-refractivity contribution is -0.143. The molecule has 1 N–H and O–H groups in total. The van der Waals surface area contributed by atoms with Gasteiger partial charge in [0.1, 0.15) is 13.2 Å². The molecule has 4 rings (SSSR count). The van der Waals surface area contributed by atoms with E-state index in [1.807, 2.05) is 26.0 Å². The Morgan fingerprint density at radius 3 is 2.09 bits per heavy atom. The van der Waals surface area contributed by atoms with Crippen LogP contribution < -0.4 is 5.32 Å². The lowest BCUT2D eigenvalue weighted by Crippen LogP contribution is -2.34. The van der Waals surface area contributed by atoms with Crippen molar-refractivity contribution in [2.45, 2.75) is 39.8 Å². The zero-order valence-corrected chi connectivity index (χ0v) is 24.1. The summed E-state index contributed by atoms with van der Waals surface area (Å²) in [6.45, 7) is 6.00. The van der Waals surface area contributed by atoms with Crippen LogP contribution in [-0.2, 0) is 30.0 Å². The number of allylic oxidation sites excluding steroid dienone is 2. The molecule has 0 fully saturated rings. The molecule has 0 saturated heterocycles. The van der Waals surface area contributed by atoms with Gasteiger partial charge >= 0.3 is 24.1 Å². The molecule has 11 heteroatoms. The van der Waals surface area contributed by atoms with E-state index in [2.05, 4.69) is 10.3 Å². The van der Waals surface area contributed by atoms with Gasteiger partial charge in [0, 0.05) is 23.0 Å². The molecule has 0 saturated carbocycles. The second-order valence-electron chi connectivity index (χ2n) is 10.4. The quantitative estimate of drug-likeness (QED) is 0.180. The van der Waals surface area contributed by atoms with Crippen LogP contribution in [0.5, 0.6) is 0 Å². The first-order valence-corrected chi connectivity index (χ1v) is 13.6. The lowest BCUT2D eigenvalue weighted by atomic mass is 9.78. The Bertz CT molecular complexity index is 1610. The number of hydrogen-bond donors (Lipinski definition) is 1. The standard InChI is InChI=1S/C32H31F3N2O6/c1-18(2)17-43-31(40)27-20(4)37-19(3)26(28(27)23-10-6-7-11-24(23)32(33,34)35)30(39)42-14-13-41-29(38)22-15-21-9-5-8-12-25(21)36-16-22/h5-12,15-16,18,28,37H,13-14,17H2,1-4H3. The van der Waals surface area contributed by atoms with Crippen molar-refractivity contribution >= 4 is 28.8 Å². The number of dihydropyridines is 1. The second-order valence-corrected chi connectivity index (χ2v) is 10.4. The van der Waals surface area contributed by atoms with Gasteiger partial charge in [-0.25, -0.2) is 14.4 Å². The summed E-state index contributed by atoms with van der Waals surface area (Å²) in [6, 6.07) is 13.6. The molecule has 1 aliphatic heterocycles. The van der Waals surface area contributed by atoms with E-state index in [0.717, 1.165) is 11.5 Å². The fraction of sp³-hybridized carbons (Fsp3) is 0.312. The van der Waals surface area contributed by atoms with Gasteiger partial charge in [-0.05, 0) is 43.5 Å².